The number of aliphatic hydroxyl groups is 1. The summed E-state index contributed by atoms with van der Waals surface area (Å²) >= 11 is 0. The number of carboxylic acid groups (broad SMARTS) is 1. The van der Waals surface area contributed by atoms with E-state index in [1.54, 1.807) is 0 Å². The molecule has 9 heteroatoms. The minimum Gasteiger partial charge on any atom is -0.481 e. The van der Waals surface area contributed by atoms with E-state index in [1.807, 2.05) is 36.4 Å². The fourth-order valence-electron chi connectivity index (χ4n) is 4.60. The second kappa shape index (κ2) is 10.7. The number of carboxylic acids is 1. The lowest BCUT2D eigenvalue weighted by atomic mass is 9.98. The van der Waals surface area contributed by atoms with E-state index in [0.717, 1.165) is 22.3 Å². The van der Waals surface area contributed by atoms with Gasteiger partial charge in [-0.15, -0.1) is 0 Å². The van der Waals surface area contributed by atoms with Crippen molar-refractivity contribution in [1.82, 2.24) is 10.2 Å². The number of rotatable bonds is 8. The van der Waals surface area contributed by atoms with Gasteiger partial charge in [0.05, 0.1) is 38.2 Å². The van der Waals surface area contributed by atoms with Crippen LogP contribution in [0.1, 0.15) is 29.9 Å². The summed E-state index contributed by atoms with van der Waals surface area (Å²) in [5.41, 5.74) is 4.46. The van der Waals surface area contributed by atoms with Gasteiger partial charge in [-0.1, -0.05) is 48.5 Å². The number of nitrogens with one attached hydrogen (secondary N) is 1. The first kappa shape index (κ1) is 23.7. The van der Waals surface area contributed by atoms with E-state index in [2.05, 4.69) is 17.4 Å². The number of aliphatic hydroxyl groups excluding tert-OH is 1. The van der Waals surface area contributed by atoms with E-state index in [-0.39, 0.29) is 51.0 Å². The molecule has 1 fully saturated rings. The minimum absolute atomic E-state index is 0.0721. The Bertz CT molecular complexity index is 1010. The molecule has 0 spiro atoms. The van der Waals surface area contributed by atoms with Gasteiger partial charge in [0.15, 0.2) is 0 Å². The number of ether oxygens (including phenoxy) is 2. The maximum atomic E-state index is 12.6. The highest BCUT2D eigenvalue weighted by Crippen LogP contribution is 2.44. The summed E-state index contributed by atoms with van der Waals surface area (Å²) in [4.78, 5) is 37.3. The second-order valence-corrected chi connectivity index (χ2v) is 8.48. The van der Waals surface area contributed by atoms with Crippen LogP contribution in [-0.2, 0) is 19.1 Å². The molecule has 3 N–H and O–H groups in total. The third-order valence-electron chi connectivity index (χ3n) is 6.19. The molecule has 2 unspecified atom stereocenters. The van der Waals surface area contributed by atoms with Crippen molar-refractivity contribution in [2.45, 2.75) is 30.9 Å². The van der Waals surface area contributed by atoms with E-state index in [1.165, 1.54) is 4.90 Å². The number of benzene rings is 2. The number of amides is 2. The number of morpholine rings is 1. The zero-order valence-corrected chi connectivity index (χ0v) is 18.7. The SMILES string of the molecule is O=C(O)CC1COCCN1C(=O)CC(O)CNC(=O)OCC1c2ccccc2-c2ccccc21. The number of nitrogens with zero attached hydrogens (tertiary/aromatic N) is 1. The molecular weight excluding hydrogens is 440 g/mol. The van der Waals surface area contributed by atoms with Crippen LogP contribution in [0.3, 0.4) is 0 Å². The molecule has 0 bridgehead atoms. The molecule has 180 valence electrons. The van der Waals surface area contributed by atoms with Crippen LogP contribution < -0.4 is 5.32 Å². The minimum atomic E-state index is -1.12. The maximum Gasteiger partial charge on any atom is 0.407 e. The van der Waals surface area contributed by atoms with Crippen LogP contribution in [0.15, 0.2) is 48.5 Å². The third-order valence-corrected chi connectivity index (χ3v) is 6.19. The molecule has 2 amide bonds. The fourth-order valence-corrected chi connectivity index (χ4v) is 4.60. The van der Waals surface area contributed by atoms with Crippen molar-refractivity contribution in [3.05, 3.63) is 59.7 Å². The van der Waals surface area contributed by atoms with Crippen LogP contribution in [-0.4, -0.2) is 78.1 Å². The third kappa shape index (κ3) is 5.37. The predicted octanol–water partition coefficient (Wildman–Crippen LogP) is 1.98. The number of aliphatic carboxylic acids is 1. The average molecular weight is 469 g/mol. The van der Waals surface area contributed by atoms with Gasteiger partial charge in [0, 0.05) is 19.0 Å². The Morgan fingerprint density at radius 1 is 1.09 bits per heavy atom. The normalized spacial score (nSPS) is 18.0. The number of hydrogen-bond acceptors (Lipinski definition) is 6. The van der Waals surface area contributed by atoms with Crippen molar-refractivity contribution in [2.24, 2.45) is 0 Å². The summed E-state index contributed by atoms with van der Waals surface area (Å²) in [6, 6.07) is 15.5. The lowest BCUT2D eigenvalue weighted by molar-refractivity contribution is -0.147. The van der Waals surface area contributed by atoms with Crippen LogP contribution in [0, 0.1) is 0 Å². The summed E-state index contributed by atoms with van der Waals surface area (Å²) in [5, 5.41) is 21.8. The highest BCUT2D eigenvalue weighted by molar-refractivity contribution is 5.79. The van der Waals surface area contributed by atoms with Gasteiger partial charge >= 0.3 is 12.1 Å². The van der Waals surface area contributed by atoms with Gasteiger partial charge in [-0.25, -0.2) is 4.79 Å². The highest BCUT2D eigenvalue weighted by Gasteiger charge is 2.31. The molecule has 0 radical (unpaired) electrons. The summed E-state index contributed by atoms with van der Waals surface area (Å²) < 4.78 is 10.7. The van der Waals surface area contributed by atoms with Crippen LogP contribution in [0.2, 0.25) is 0 Å². The molecule has 2 aromatic carbocycles. The number of hydrogen-bond donors (Lipinski definition) is 3. The van der Waals surface area contributed by atoms with Crippen molar-refractivity contribution < 1.29 is 34.1 Å². The second-order valence-electron chi connectivity index (χ2n) is 8.48. The van der Waals surface area contributed by atoms with Crippen molar-refractivity contribution >= 4 is 18.0 Å². The summed E-state index contributed by atoms with van der Waals surface area (Å²) in [6.45, 7) is 0.723. The largest absolute Gasteiger partial charge is 0.481 e. The summed E-state index contributed by atoms with van der Waals surface area (Å²) in [5.74, 6) is -1.47. The number of alkyl carbamates (subject to hydrolysis) is 1. The zero-order chi connectivity index (χ0) is 24.1. The molecule has 4 rings (SSSR count). The molecule has 1 heterocycles. The molecule has 1 saturated heterocycles. The molecule has 0 aromatic heterocycles. The van der Waals surface area contributed by atoms with E-state index in [9.17, 15) is 19.5 Å². The van der Waals surface area contributed by atoms with Gasteiger partial charge in [0.1, 0.15) is 6.61 Å². The molecule has 0 saturated carbocycles. The monoisotopic (exact) mass is 468 g/mol. The summed E-state index contributed by atoms with van der Waals surface area (Å²) in [7, 11) is 0. The van der Waals surface area contributed by atoms with E-state index in [4.69, 9.17) is 14.6 Å². The van der Waals surface area contributed by atoms with Crippen molar-refractivity contribution in [3.8, 4) is 11.1 Å². The Kier molecular flexibility index (Phi) is 7.44. The molecule has 34 heavy (non-hydrogen) atoms. The van der Waals surface area contributed by atoms with Crippen molar-refractivity contribution in [1.29, 1.82) is 0 Å². The highest BCUT2D eigenvalue weighted by atomic mass is 16.5. The fraction of sp³-hybridized carbons (Fsp3) is 0.400. The van der Waals surface area contributed by atoms with Gasteiger partial charge in [-0.2, -0.15) is 0 Å². The van der Waals surface area contributed by atoms with Gasteiger partial charge in [-0.3, -0.25) is 9.59 Å². The molecule has 1 aliphatic heterocycles. The molecule has 2 atom stereocenters. The Morgan fingerprint density at radius 3 is 2.38 bits per heavy atom. The van der Waals surface area contributed by atoms with E-state index < -0.39 is 24.2 Å². The Hall–Kier alpha value is -3.43. The van der Waals surface area contributed by atoms with Crippen LogP contribution >= 0.6 is 0 Å². The van der Waals surface area contributed by atoms with Crippen molar-refractivity contribution in [2.75, 3.05) is 32.9 Å². The van der Waals surface area contributed by atoms with Crippen LogP contribution in [0.25, 0.3) is 11.1 Å². The first-order valence-electron chi connectivity index (χ1n) is 11.3. The number of fused-ring (bicyclic) bond motifs is 3. The Labute approximate surface area is 197 Å². The molecule has 2 aliphatic rings. The average Bonchev–Trinajstić information content (AvgIpc) is 3.15. The first-order valence-corrected chi connectivity index (χ1v) is 11.3. The van der Waals surface area contributed by atoms with Crippen molar-refractivity contribution in [3.63, 3.8) is 0 Å². The molecular formula is C25H28N2O7. The van der Waals surface area contributed by atoms with Gasteiger partial charge < -0.3 is 29.9 Å². The molecule has 1 aliphatic carbocycles. The molecule has 2 aromatic rings. The van der Waals surface area contributed by atoms with Crippen LogP contribution in [0.4, 0.5) is 4.79 Å². The lowest BCUT2D eigenvalue weighted by Crippen LogP contribution is -2.50. The molecule has 9 nitrogen and oxygen atoms in total. The maximum absolute atomic E-state index is 12.6. The van der Waals surface area contributed by atoms with Gasteiger partial charge in [0.2, 0.25) is 5.91 Å². The number of carbonyl (C=O) groups is 3. The quantitative estimate of drug-likeness (QED) is 0.541. The number of carbonyl (C=O) groups excluding carboxylic acids is 2. The topological polar surface area (TPSA) is 125 Å². The van der Waals surface area contributed by atoms with Crippen LogP contribution in [0.5, 0.6) is 0 Å². The Morgan fingerprint density at radius 2 is 1.74 bits per heavy atom. The van der Waals surface area contributed by atoms with E-state index in [0.29, 0.717) is 6.61 Å². The van der Waals surface area contributed by atoms with Gasteiger partial charge in [-0.05, 0) is 22.3 Å². The van der Waals surface area contributed by atoms with E-state index >= 15 is 0 Å². The first-order chi connectivity index (χ1) is 16.4. The zero-order valence-electron chi connectivity index (χ0n) is 18.7. The predicted molar refractivity (Wildman–Crippen MR) is 122 cm³/mol. The lowest BCUT2D eigenvalue weighted by Gasteiger charge is -2.35. The van der Waals surface area contributed by atoms with Gasteiger partial charge in [0.25, 0.3) is 0 Å². The summed E-state index contributed by atoms with van der Waals surface area (Å²) in [6.07, 6.45) is -2.26. The Balaban J connectivity index is 1.26. The standard InChI is InChI=1S/C25H28N2O7/c28-17(12-23(29)27-9-10-33-14-16(27)11-24(30)31)13-26-25(32)34-15-22-20-7-3-1-5-18(20)19-6-2-4-8-21(19)22/h1-8,16-17,22,28H,9-15H2,(H,26,32)(H,30,31). The smallest absolute Gasteiger partial charge is 0.407 e.